The van der Waals surface area contributed by atoms with Crippen LogP contribution in [0.5, 0.6) is 0 Å². The zero-order valence-electron chi connectivity index (χ0n) is 15.3. The Labute approximate surface area is 156 Å². The Kier molecular flexibility index (Phi) is 4.62. The van der Waals surface area contributed by atoms with Gasteiger partial charge in [0.15, 0.2) is 18.0 Å². The molecule has 8 heteroatoms. The normalized spacial score (nSPS) is 16.9. The van der Waals surface area contributed by atoms with Gasteiger partial charge in [0.2, 0.25) is 5.89 Å². The fourth-order valence-corrected chi connectivity index (χ4v) is 3.19. The van der Waals surface area contributed by atoms with Crippen LogP contribution in [0.3, 0.4) is 0 Å². The maximum Gasteiger partial charge on any atom is 0.322 e. The molecule has 1 aliphatic rings. The van der Waals surface area contributed by atoms with Gasteiger partial charge in [0.05, 0.1) is 6.20 Å². The van der Waals surface area contributed by atoms with Crippen molar-refractivity contribution in [2.45, 2.75) is 38.6 Å². The van der Waals surface area contributed by atoms with Gasteiger partial charge < -0.3 is 19.2 Å². The molecule has 2 amide bonds. The third-order valence-corrected chi connectivity index (χ3v) is 4.60. The second-order valence-electron chi connectivity index (χ2n) is 6.87. The summed E-state index contributed by atoms with van der Waals surface area (Å²) in [6.45, 7) is 4.67. The second kappa shape index (κ2) is 7.22. The molecule has 0 radical (unpaired) electrons. The summed E-state index contributed by atoms with van der Waals surface area (Å²) in [7, 11) is 0. The molecule has 1 atom stereocenters. The Morgan fingerprint density at radius 2 is 2.26 bits per heavy atom. The van der Waals surface area contributed by atoms with Crippen LogP contribution < -0.4 is 5.32 Å². The van der Waals surface area contributed by atoms with E-state index in [2.05, 4.69) is 20.4 Å². The Bertz CT molecular complexity index is 919. The number of nitrogens with one attached hydrogen (secondary N) is 1. The minimum absolute atomic E-state index is 0.184. The molecule has 0 bridgehead atoms. The maximum atomic E-state index is 12.8. The summed E-state index contributed by atoms with van der Waals surface area (Å²) in [6.07, 6.45) is 4.73. The standard InChI is InChI=1S/C19H21N5O3/c1-12(2)17-22-18(27-23-17)15-7-4-8-24(15)19(25)21-14-6-3-5-13(9-14)16-10-20-11-26-16/h3,5-6,9-12,15H,4,7-8H2,1-2H3,(H,21,25). The lowest BCUT2D eigenvalue weighted by Crippen LogP contribution is -2.34. The first-order chi connectivity index (χ1) is 13.1. The first-order valence-corrected chi connectivity index (χ1v) is 9.02. The van der Waals surface area contributed by atoms with Crippen molar-refractivity contribution in [1.29, 1.82) is 0 Å². The number of rotatable bonds is 4. The molecule has 0 aliphatic carbocycles. The lowest BCUT2D eigenvalue weighted by molar-refractivity contribution is 0.193. The van der Waals surface area contributed by atoms with Crippen LogP contribution in [0.2, 0.25) is 0 Å². The number of carbonyl (C=O) groups is 1. The number of hydrogen-bond acceptors (Lipinski definition) is 6. The summed E-state index contributed by atoms with van der Waals surface area (Å²) in [5.74, 6) is 2.00. The Morgan fingerprint density at radius 3 is 3.00 bits per heavy atom. The summed E-state index contributed by atoms with van der Waals surface area (Å²) in [6, 6.07) is 7.08. The van der Waals surface area contributed by atoms with Crippen molar-refractivity contribution in [2.24, 2.45) is 0 Å². The largest absolute Gasteiger partial charge is 0.444 e. The molecule has 3 aromatic rings. The van der Waals surface area contributed by atoms with Crippen LogP contribution in [0.25, 0.3) is 11.3 Å². The molecule has 1 N–H and O–H groups in total. The fourth-order valence-electron chi connectivity index (χ4n) is 3.19. The van der Waals surface area contributed by atoms with E-state index in [0.717, 1.165) is 18.4 Å². The number of oxazole rings is 1. The first kappa shape index (κ1) is 17.3. The number of likely N-dealkylation sites (tertiary alicyclic amines) is 1. The molecule has 27 heavy (non-hydrogen) atoms. The molecule has 3 heterocycles. The summed E-state index contributed by atoms with van der Waals surface area (Å²) < 4.78 is 10.7. The van der Waals surface area contributed by atoms with Crippen LogP contribution in [0.15, 0.2) is 45.8 Å². The number of urea groups is 1. The third kappa shape index (κ3) is 3.55. The predicted molar refractivity (Wildman–Crippen MR) is 98.0 cm³/mol. The van der Waals surface area contributed by atoms with Crippen LogP contribution in [0.4, 0.5) is 10.5 Å². The number of aromatic nitrogens is 3. The highest BCUT2D eigenvalue weighted by Gasteiger charge is 2.34. The molecule has 4 rings (SSSR count). The molecule has 1 saturated heterocycles. The zero-order chi connectivity index (χ0) is 18.8. The summed E-state index contributed by atoms with van der Waals surface area (Å²) in [5, 5.41) is 6.97. The van der Waals surface area contributed by atoms with Crippen molar-refractivity contribution < 1.29 is 13.7 Å². The second-order valence-corrected chi connectivity index (χ2v) is 6.87. The lowest BCUT2D eigenvalue weighted by atomic mass is 10.1. The Hall–Kier alpha value is -3.16. The van der Waals surface area contributed by atoms with Crippen molar-refractivity contribution in [1.82, 2.24) is 20.0 Å². The predicted octanol–water partition coefficient (Wildman–Crippen LogP) is 4.22. The van der Waals surface area contributed by atoms with Gasteiger partial charge in [0.1, 0.15) is 6.04 Å². The molecule has 2 aromatic heterocycles. The number of anilines is 1. The van der Waals surface area contributed by atoms with Crippen molar-refractivity contribution in [2.75, 3.05) is 11.9 Å². The SMILES string of the molecule is CC(C)c1noc(C2CCCN2C(=O)Nc2cccc(-c3cnco3)c2)n1. The lowest BCUT2D eigenvalue weighted by Gasteiger charge is -2.22. The molecule has 1 fully saturated rings. The van der Waals surface area contributed by atoms with Crippen LogP contribution in [-0.4, -0.2) is 32.6 Å². The minimum atomic E-state index is -0.192. The van der Waals surface area contributed by atoms with Gasteiger partial charge >= 0.3 is 6.03 Å². The van der Waals surface area contributed by atoms with Gasteiger partial charge in [0.25, 0.3) is 0 Å². The molecule has 1 unspecified atom stereocenters. The summed E-state index contributed by atoms with van der Waals surface area (Å²) >= 11 is 0. The average molecular weight is 367 g/mol. The Morgan fingerprint density at radius 1 is 1.37 bits per heavy atom. The van der Waals surface area contributed by atoms with Crippen LogP contribution in [0.1, 0.15) is 50.4 Å². The molecule has 0 spiro atoms. The average Bonchev–Trinajstić information content (AvgIpc) is 3.42. The van der Waals surface area contributed by atoms with Crippen LogP contribution >= 0.6 is 0 Å². The highest BCUT2D eigenvalue weighted by atomic mass is 16.5. The molecule has 8 nitrogen and oxygen atoms in total. The van der Waals surface area contributed by atoms with E-state index in [4.69, 9.17) is 8.94 Å². The van der Waals surface area contributed by atoms with Crippen molar-refractivity contribution >= 4 is 11.7 Å². The smallest absolute Gasteiger partial charge is 0.322 e. The van der Waals surface area contributed by atoms with Gasteiger partial charge in [-0.3, -0.25) is 0 Å². The molecular weight excluding hydrogens is 346 g/mol. The first-order valence-electron chi connectivity index (χ1n) is 9.02. The number of benzene rings is 1. The van der Waals surface area contributed by atoms with E-state index in [1.165, 1.54) is 6.39 Å². The summed E-state index contributed by atoms with van der Waals surface area (Å²) in [4.78, 5) is 23.0. The third-order valence-electron chi connectivity index (χ3n) is 4.60. The molecule has 1 aliphatic heterocycles. The van der Waals surface area contributed by atoms with E-state index in [1.807, 2.05) is 38.1 Å². The summed E-state index contributed by atoms with van der Waals surface area (Å²) in [5.41, 5.74) is 1.54. The van der Waals surface area contributed by atoms with Gasteiger partial charge in [-0.05, 0) is 25.0 Å². The fraction of sp³-hybridized carbons (Fsp3) is 0.368. The van der Waals surface area contributed by atoms with Gasteiger partial charge in [-0.1, -0.05) is 31.1 Å². The van der Waals surface area contributed by atoms with E-state index >= 15 is 0 Å². The Balaban J connectivity index is 1.49. The van der Waals surface area contributed by atoms with Gasteiger partial charge in [0, 0.05) is 23.7 Å². The molecule has 0 saturated carbocycles. The number of hydrogen-bond donors (Lipinski definition) is 1. The molecule has 140 valence electrons. The topological polar surface area (TPSA) is 97.3 Å². The molecule has 1 aromatic carbocycles. The van der Waals surface area contributed by atoms with E-state index in [1.54, 1.807) is 11.1 Å². The van der Waals surface area contributed by atoms with Crippen molar-refractivity contribution in [3.63, 3.8) is 0 Å². The monoisotopic (exact) mass is 367 g/mol. The number of amides is 2. The van der Waals surface area contributed by atoms with E-state index in [9.17, 15) is 4.79 Å². The van der Waals surface area contributed by atoms with E-state index < -0.39 is 0 Å². The zero-order valence-corrected chi connectivity index (χ0v) is 15.3. The van der Waals surface area contributed by atoms with Gasteiger partial charge in [-0.15, -0.1) is 0 Å². The highest BCUT2D eigenvalue weighted by Crippen LogP contribution is 2.32. The van der Waals surface area contributed by atoms with Crippen molar-refractivity contribution in [3.8, 4) is 11.3 Å². The molecular formula is C19H21N5O3. The highest BCUT2D eigenvalue weighted by molar-refractivity contribution is 5.90. The van der Waals surface area contributed by atoms with Gasteiger partial charge in [-0.25, -0.2) is 9.78 Å². The van der Waals surface area contributed by atoms with Crippen LogP contribution in [-0.2, 0) is 0 Å². The number of nitrogens with zero attached hydrogens (tertiary/aromatic N) is 4. The number of carbonyl (C=O) groups excluding carboxylic acids is 1. The minimum Gasteiger partial charge on any atom is -0.444 e. The van der Waals surface area contributed by atoms with Gasteiger partial charge in [-0.2, -0.15) is 4.98 Å². The van der Waals surface area contributed by atoms with Crippen LogP contribution in [0, 0.1) is 0 Å². The van der Waals surface area contributed by atoms with Crippen molar-refractivity contribution in [3.05, 3.63) is 48.6 Å². The maximum absolute atomic E-state index is 12.8. The quantitative estimate of drug-likeness (QED) is 0.741. The van der Waals surface area contributed by atoms with E-state index in [-0.39, 0.29) is 18.0 Å². The van der Waals surface area contributed by atoms with E-state index in [0.29, 0.717) is 29.7 Å².